The smallest absolute Gasteiger partial charge is 0.329 e. The van der Waals surface area contributed by atoms with Gasteiger partial charge in [0, 0.05) is 18.4 Å². The highest BCUT2D eigenvalue weighted by Gasteiger charge is 2.15. The van der Waals surface area contributed by atoms with Crippen LogP contribution < -0.4 is 27.6 Å². The third-order valence-electron chi connectivity index (χ3n) is 4.57. The lowest BCUT2D eigenvalue weighted by Gasteiger charge is -2.15. The maximum atomic E-state index is 12.7. The van der Waals surface area contributed by atoms with Crippen LogP contribution in [0.1, 0.15) is 42.2 Å². The van der Waals surface area contributed by atoms with E-state index in [1.165, 1.54) is 16.8 Å². The van der Waals surface area contributed by atoms with Gasteiger partial charge >= 0.3 is 11.7 Å². The van der Waals surface area contributed by atoms with Crippen molar-refractivity contribution in [1.82, 2.24) is 19.9 Å². The summed E-state index contributed by atoms with van der Waals surface area (Å²) >= 11 is 0. The Morgan fingerprint density at radius 3 is 2.57 bits per heavy atom. The molecule has 0 bridgehead atoms. The Bertz CT molecular complexity index is 1210. The number of fused-ring (bicyclic) bond motifs is 1. The zero-order valence-corrected chi connectivity index (χ0v) is 16.6. The average molecular weight is 410 g/mol. The van der Waals surface area contributed by atoms with E-state index in [0.29, 0.717) is 18.7 Å². The molecule has 2 heterocycles. The summed E-state index contributed by atoms with van der Waals surface area (Å²) in [5.41, 5.74) is 5.76. The van der Waals surface area contributed by atoms with Gasteiger partial charge in [-0.3, -0.25) is 19.1 Å². The Kier molecular flexibility index (Phi) is 5.95. The van der Waals surface area contributed by atoms with Crippen LogP contribution in [0.2, 0.25) is 0 Å². The fraction of sp³-hybridized carbons (Fsp3) is 0.250. The largest absolute Gasteiger partial charge is 0.351 e. The van der Waals surface area contributed by atoms with Gasteiger partial charge in [0.25, 0.3) is 11.5 Å². The van der Waals surface area contributed by atoms with Crippen LogP contribution in [0.15, 0.2) is 46.1 Å². The van der Waals surface area contributed by atoms with E-state index in [4.69, 9.17) is 5.73 Å². The number of amides is 3. The molecular formula is C20H22N6O4. The fourth-order valence-electron chi connectivity index (χ4n) is 3.08. The molecular weight excluding hydrogens is 388 g/mol. The summed E-state index contributed by atoms with van der Waals surface area (Å²) in [5.74, 6) is -0.413. The van der Waals surface area contributed by atoms with Gasteiger partial charge in [0.1, 0.15) is 5.65 Å². The van der Waals surface area contributed by atoms with E-state index >= 15 is 0 Å². The number of aryl methyl sites for hydroxylation is 1. The summed E-state index contributed by atoms with van der Waals surface area (Å²) in [4.78, 5) is 54.2. The molecule has 0 saturated heterocycles. The Balaban J connectivity index is 1.83. The molecule has 2 aromatic heterocycles. The van der Waals surface area contributed by atoms with Crippen molar-refractivity contribution in [1.29, 1.82) is 0 Å². The number of rotatable bonds is 6. The minimum atomic E-state index is -0.660. The number of nitrogens with two attached hydrogens (primary N) is 1. The maximum Gasteiger partial charge on any atom is 0.329 e. The summed E-state index contributed by atoms with van der Waals surface area (Å²) in [7, 11) is 0. The quantitative estimate of drug-likeness (QED) is 0.485. The molecule has 1 aromatic carbocycles. The summed E-state index contributed by atoms with van der Waals surface area (Å²) in [6, 6.07) is 7.27. The van der Waals surface area contributed by atoms with Crippen LogP contribution in [0, 0.1) is 0 Å². The molecule has 0 aliphatic heterocycles. The third-order valence-corrected chi connectivity index (χ3v) is 4.57. The molecule has 0 saturated carbocycles. The second-order valence-corrected chi connectivity index (χ2v) is 6.81. The lowest BCUT2D eigenvalue weighted by molar-refractivity contribution is 0.0939. The highest BCUT2D eigenvalue weighted by atomic mass is 16.2. The minimum absolute atomic E-state index is 0.172. The molecule has 0 spiro atoms. The monoisotopic (exact) mass is 410 g/mol. The summed E-state index contributed by atoms with van der Waals surface area (Å²) in [6.07, 6.45) is 2.03. The van der Waals surface area contributed by atoms with Crippen molar-refractivity contribution >= 4 is 28.7 Å². The van der Waals surface area contributed by atoms with Gasteiger partial charge in [0.05, 0.1) is 17.0 Å². The maximum absolute atomic E-state index is 12.7. The standard InChI is InChI=1S/C20H22N6O4/c1-3-8-26-16-15(18(28)25-20(26)30)9-13(10-22-16)17(27)23-11(2)12-4-6-14(7-5-12)24-19(21)29/h4-7,9-11H,3,8H2,1-2H3,(H,23,27)(H3,21,24,29)(H,25,28,30). The van der Waals surface area contributed by atoms with E-state index in [-0.39, 0.29) is 22.6 Å². The number of primary amides is 1. The molecule has 1 unspecified atom stereocenters. The Morgan fingerprint density at radius 2 is 1.93 bits per heavy atom. The normalized spacial score (nSPS) is 11.8. The van der Waals surface area contributed by atoms with Crippen molar-refractivity contribution < 1.29 is 9.59 Å². The van der Waals surface area contributed by atoms with Crippen molar-refractivity contribution in [2.45, 2.75) is 32.9 Å². The Morgan fingerprint density at radius 1 is 1.23 bits per heavy atom. The summed E-state index contributed by atoms with van der Waals surface area (Å²) in [5, 5.41) is 5.47. The van der Waals surface area contributed by atoms with Gasteiger partial charge in [-0.1, -0.05) is 19.1 Å². The van der Waals surface area contributed by atoms with E-state index in [0.717, 1.165) is 5.56 Å². The second-order valence-electron chi connectivity index (χ2n) is 6.81. The van der Waals surface area contributed by atoms with Crippen molar-refractivity contribution in [2.75, 3.05) is 5.32 Å². The average Bonchev–Trinajstić information content (AvgIpc) is 2.70. The molecule has 0 radical (unpaired) electrons. The van der Waals surface area contributed by atoms with E-state index in [1.807, 2.05) is 6.92 Å². The molecule has 0 aliphatic rings. The summed E-state index contributed by atoms with van der Waals surface area (Å²) < 4.78 is 1.38. The van der Waals surface area contributed by atoms with Crippen LogP contribution in [0.3, 0.4) is 0 Å². The number of pyridine rings is 1. The Hall–Kier alpha value is -3.95. The van der Waals surface area contributed by atoms with E-state index in [2.05, 4.69) is 20.6 Å². The molecule has 10 nitrogen and oxygen atoms in total. The Labute approximate surface area is 171 Å². The predicted molar refractivity (Wildman–Crippen MR) is 112 cm³/mol. The number of H-pyrrole nitrogens is 1. The van der Waals surface area contributed by atoms with Crippen molar-refractivity contribution in [3.8, 4) is 0 Å². The lowest BCUT2D eigenvalue weighted by Crippen LogP contribution is -2.31. The van der Waals surface area contributed by atoms with Crippen LogP contribution in [-0.2, 0) is 6.54 Å². The molecule has 5 N–H and O–H groups in total. The highest BCUT2D eigenvalue weighted by Crippen LogP contribution is 2.17. The van der Waals surface area contributed by atoms with Crippen LogP contribution in [-0.4, -0.2) is 26.5 Å². The van der Waals surface area contributed by atoms with Crippen LogP contribution >= 0.6 is 0 Å². The van der Waals surface area contributed by atoms with E-state index in [9.17, 15) is 19.2 Å². The second kappa shape index (κ2) is 8.60. The molecule has 0 fully saturated rings. The number of carbonyl (C=O) groups excluding carboxylic acids is 2. The molecule has 30 heavy (non-hydrogen) atoms. The van der Waals surface area contributed by atoms with Gasteiger partial charge < -0.3 is 16.4 Å². The van der Waals surface area contributed by atoms with Gasteiger partial charge in [-0.15, -0.1) is 0 Å². The molecule has 10 heteroatoms. The number of hydrogen-bond donors (Lipinski definition) is 4. The molecule has 3 aromatic rings. The number of hydrogen-bond acceptors (Lipinski definition) is 5. The van der Waals surface area contributed by atoms with Gasteiger partial charge in [-0.25, -0.2) is 14.6 Å². The molecule has 3 amide bonds. The predicted octanol–water partition coefficient (Wildman–Crippen LogP) is 1.48. The molecule has 3 rings (SSSR count). The van der Waals surface area contributed by atoms with Gasteiger partial charge in [0.2, 0.25) is 0 Å². The fourth-order valence-corrected chi connectivity index (χ4v) is 3.08. The SMILES string of the molecule is CCCn1c(=O)[nH]c(=O)c2cc(C(=O)NC(C)c3ccc(NC(N)=O)cc3)cnc21. The molecule has 1 atom stereocenters. The first kappa shape index (κ1) is 20.8. The molecule has 156 valence electrons. The highest BCUT2D eigenvalue weighted by molar-refractivity contribution is 5.97. The van der Waals surface area contributed by atoms with Crippen molar-refractivity contribution in [2.24, 2.45) is 5.73 Å². The van der Waals surface area contributed by atoms with Crippen molar-refractivity contribution in [3.63, 3.8) is 0 Å². The van der Waals surface area contributed by atoms with Crippen LogP contribution in [0.25, 0.3) is 11.0 Å². The zero-order valence-electron chi connectivity index (χ0n) is 16.6. The minimum Gasteiger partial charge on any atom is -0.351 e. The first-order chi connectivity index (χ1) is 14.3. The number of nitrogens with zero attached hydrogens (tertiary/aromatic N) is 2. The van der Waals surface area contributed by atoms with Crippen LogP contribution in [0.4, 0.5) is 10.5 Å². The number of benzene rings is 1. The zero-order chi connectivity index (χ0) is 21.8. The number of anilines is 1. The first-order valence-corrected chi connectivity index (χ1v) is 9.40. The summed E-state index contributed by atoms with van der Waals surface area (Å²) in [6.45, 7) is 4.11. The number of urea groups is 1. The van der Waals surface area contributed by atoms with Crippen LogP contribution in [0.5, 0.6) is 0 Å². The van der Waals surface area contributed by atoms with Gasteiger partial charge in [-0.2, -0.15) is 0 Å². The first-order valence-electron chi connectivity index (χ1n) is 9.40. The third kappa shape index (κ3) is 4.37. The number of nitrogens with one attached hydrogen (secondary N) is 3. The van der Waals surface area contributed by atoms with E-state index in [1.54, 1.807) is 31.2 Å². The number of carbonyl (C=O) groups is 2. The topological polar surface area (TPSA) is 152 Å². The number of aromatic nitrogens is 3. The van der Waals surface area contributed by atoms with E-state index < -0.39 is 23.2 Å². The lowest BCUT2D eigenvalue weighted by atomic mass is 10.1. The van der Waals surface area contributed by atoms with Gasteiger partial charge in [0.15, 0.2) is 0 Å². The van der Waals surface area contributed by atoms with Gasteiger partial charge in [-0.05, 0) is 37.1 Å². The number of aromatic amines is 1. The molecule has 0 aliphatic carbocycles. The van der Waals surface area contributed by atoms with Crippen molar-refractivity contribution in [3.05, 3.63) is 68.5 Å².